The van der Waals surface area contributed by atoms with Crippen LogP contribution in [0.5, 0.6) is 0 Å². The highest BCUT2D eigenvalue weighted by Crippen LogP contribution is 2.40. The van der Waals surface area contributed by atoms with E-state index in [4.69, 9.17) is 4.74 Å². The topological polar surface area (TPSA) is 267 Å². The second kappa shape index (κ2) is 32.7. The van der Waals surface area contributed by atoms with Gasteiger partial charge in [-0.2, -0.15) is 0 Å². The number of fused-ring (bicyclic) bond motifs is 2. The van der Waals surface area contributed by atoms with Crippen molar-refractivity contribution in [3.8, 4) is 0 Å². The van der Waals surface area contributed by atoms with Crippen LogP contribution in [0.2, 0.25) is 0 Å². The number of likely N-dealkylation sites (tertiary alicyclic amines) is 3. The molecule has 0 radical (unpaired) electrons. The lowest BCUT2D eigenvalue weighted by molar-refractivity contribution is -0.143. The number of hydrogen-bond donors (Lipinski definition) is 8. The minimum absolute atomic E-state index is 0.00346. The summed E-state index contributed by atoms with van der Waals surface area (Å²) in [5.41, 5.74) is 2.40. The van der Waals surface area contributed by atoms with Crippen LogP contribution in [-0.2, 0) is 51.3 Å². The molecule has 1 aromatic heterocycles. The predicted octanol–water partition coefficient (Wildman–Crippen LogP) is 5.24. The Morgan fingerprint density at radius 3 is 2.26 bits per heavy atom. The third kappa shape index (κ3) is 18.8. The van der Waals surface area contributed by atoms with Crippen LogP contribution in [0.1, 0.15) is 159 Å². The van der Waals surface area contributed by atoms with Gasteiger partial charge in [0.15, 0.2) is 0 Å². The number of piperazine rings is 1. The molecule has 7 fully saturated rings. The van der Waals surface area contributed by atoms with Crippen molar-refractivity contribution in [2.45, 2.75) is 191 Å². The molecule has 8 aliphatic rings. The van der Waals surface area contributed by atoms with Crippen LogP contribution in [-0.4, -0.2) is 201 Å². The van der Waals surface area contributed by atoms with Crippen molar-refractivity contribution < 1.29 is 47.1 Å². The smallest absolute Gasteiger partial charge is 0.246 e. The van der Waals surface area contributed by atoms with Gasteiger partial charge in [0.05, 0.1) is 36.0 Å². The zero-order valence-electron chi connectivity index (χ0n) is 57.5. The van der Waals surface area contributed by atoms with Crippen molar-refractivity contribution >= 4 is 58.7 Å². The van der Waals surface area contributed by atoms with Gasteiger partial charge >= 0.3 is 0 Å². The summed E-state index contributed by atoms with van der Waals surface area (Å²) in [6, 6.07) is 9.69. The van der Waals surface area contributed by atoms with E-state index in [-0.39, 0.29) is 109 Å². The van der Waals surface area contributed by atoms with Crippen LogP contribution in [0, 0.1) is 34.8 Å². The zero-order valence-corrected chi connectivity index (χ0v) is 57.5. The van der Waals surface area contributed by atoms with Crippen LogP contribution in [0.4, 0.5) is 26.1 Å². The standard InChI is InChI=1S/C72H105F2N15O8/c1-47(75-4)68(94)83-67(49-14-6-5-7-15-49)70(96)89-42-53(36-60(89)69(95)82-58-18-10-16-48-13-8-9-17-55(48)58)81-64(91)20-19-63(90)77-27-12-28-86-39-50-33-54(34-51(50)40-86)97-44-66(93)78-26-11-25-76-61-38-62(80-46-79-61)87-31-23-72(24-32-87)45-88(43-65(92)84-72)59-37-56(73)52(35-57(59)74)41-85-29-21-71(2,3)22-30-85/h8-9,13,17,35,37-38,46-47,49-51,53-54,58,60,67,75H,5-7,10-12,14-16,18-34,36,39-45H2,1-4H3,(H,77,90)(H,78,93)(H,81,91)(H,82,95)(H,83,94)(H,84,92)(H,76,79,80)/t47-,50-,51+,53-,54-,58-,60-,67-/m0/s1. The highest BCUT2D eigenvalue weighted by Gasteiger charge is 2.47. The van der Waals surface area contributed by atoms with Crippen LogP contribution in [0.15, 0.2) is 48.8 Å². The first-order valence-electron chi connectivity index (χ1n) is 36.2. The van der Waals surface area contributed by atoms with Gasteiger partial charge in [0.1, 0.15) is 48.3 Å². The molecule has 530 valence electrons. The Hall–Kier alpha value is -7.09. The molecule has 5 saturated heterocycles. The average Bonchev–Trinajstić information content (AvgIpc) is 1.38. The first kappa shape index (κ1) is 71.2. The van der Waals surface area contributed by atoms with E-state index < -0.39 is 41.3 Å². The number of aromatic nitrogens is 2. The highest BCUT2D eigenvalue weighted by atomic mass is 19.1. The number of nitrogens with one attached hydrogen (secondary N) is 8. The molecule has 2 aromatic carbocycles. The van der Waals surface area contributed by atoms with Gasteiger partial charge in [-0.1, -0.05) is 57.4 Å². The van der Waals surface area contributed by atoms with E-state index >= 15 is 8.78 Å². The van der Waals surface area contributed by atoms with E-state index in [0.717, 1.165) is 128 Å². The van der Waals surface area contributed by atoms with Crippen molar-refractivity contribution in [1.29, 1.82) is 0 Å². The summed E-state index contributed by atoms with van der Waals surface area (Å²) in [7, 11) is 1.70. The molecule has 11 rings (SSSR count). The maximum absolute atomic E-state index is 15.8. The summed E-state index contributed by atoms with van der Waals surface area (Å²) in [4.78, 5) is 114. The van der Waals surface area contributed by atoms with Crippen LogP contribution >= 0.6 is 0 Å². The van der Waals surface area contributed by atoms with E-state index in [0.29, 0.717) is 88.3 Å². The molecule has 6 heterocycles. The van der Waals surface area contributed by atoms with E-state index in [9.17, 15) is 33.6 Å². The molecule has 25 heteroatoms. The van der Waals surface area contributed by atoms with Gasteiger partial charge in [0.25, 0.3) is 0 Å². The van der Waals surface area contributed by atoms with E-state index in [1.54, 1.807) is 23.8 Å². The Balaban J connectivity index is 0.543. The monoisotopic (exact) mass is 1350 g/mol. The van der Waals surface area contributed by atoms with Gasteiger partial charge in [-0.15, -0.1) is 0 Å². The highest BCUT2D eigenvalue weighted by molar-refractivity contribution is 5.94. The predicted molar refractivity (Wildman–Crippen MR) is 366 cm³/mol. The van der Waals surface area contributed by atoms with E-state index in [1.807, 2.05) is 24.3 Å². The minimum atomic E-state index is -0.855. The molecule has 8 N–H and O–H groups in total. The van der Waals surface area contributed by atoms with Crippen LogP contribution in [0.3, 0.4) is 0 Å². The van der Waals surface area contributed by atoms with Gasteiger partial charge in [-0.25, -0.2) is 18.7 Å². The third-order valence-corrected chi connectivity index (χ3v) is 22.2. The zero-order chi connectivity index (χ0) is 68.2. The third-order valence-electron chi connectivity index (χ3n) is 22.2. The minimum Gasteiger partial charge on any atom is -0.370 e. The number of anilines is 3. The molecule has 8 atom stereocenters. The summed E-state index contributed by atoms with van der Waals surface area (Å²) < 4.78 is 37.4. The van der Waals surface area contributed by atoms with Crippen molar-refractivity contribution in [3.05, 3.63) is 77.1 Å². The Morgan fingerprint density at radius 1 is 0.763 bits per heavy atom. The normalized spacial score (nSPS) is 24.8. The number of amides is 7. The Labute approximate surface area is 570 Å². The van der Waals surface area contributed by atoms with Gasteiger partial charge in [-0.3, -0.25) is 38.5 Å². The van der Waals surface area contributed by atoms with Gasteiger partial charge in [-0.05, 0) is 164 Å². The first-order chi connectivity index (χ1) is 46.8. The van der Waals surface area contributed by atoms with Gasteiger partial charge in [0, 0.05) is 102 Å². The number of carbonyl (C=O) groups excluding carboxylic acids is 7. The molecular weight excluding hydrogens is 1240 g/mol. The lowest BCUT2D eigenvalue weighted by Gasteiger charge is -2.48. The van der Waals surface area contributed by atoms with E-state index in [2.05, 4.69) is 87.1 Å². The first-order valence-corrected chi connectivity index (χ1v) is 36.2. The summed E-state index contributed by atoms with van der Waals surface area (Å²) in [6.07, 6.45) is 15.4. The number of aryl methyl sites for hydroxylation is 1. The molecule has 0 unspecified atom stereocenters. The fourth-order valence-corrected chi connectivity index (χ4v) is 16.3. The summed E-state index contributed by atoms with van der Waals surface area (Å²) >= 11 is 0. The molecule has 0 bridgehead atoms. The molecule has 5 aliphatic heterocycles. The molecule has 1 spiro atoms. The molecule has 3 aliphatic carbocycles. The Morgan fingerprint density at radius 2 is 1.49 bits per heavy atom. The number of rotatable bonds is 27. The molecular formula is C72H105F2N15O8. The number of hydrogen-bond acceptors (Lipinski definition) is 16. The molecule has 3 aromatic rings. The Bertz CT molecular complexity index is 3230. The molecule has 97 heavy (non-hydrogen) atoms. The number of ether oxygens (including phenoxy) is 1. The maximum Gasteiger partial charge on any atom is 0.246 e. The van der Waals surface area contributed by atoms with Crippen molar-refractivity contribution in [2.24, 2.45) is 23.2 Å². The van der Waals surface area contributed by atoms with Gasteiger partial charge < -0.3 is 66.9 Å². The molecule has 23 nitrogen and oxygen atoms in total. The van der Waals surface area contributed by atoms with Crippen LogP contribution in [0.25, 0.3) is 0 Å². The maximum atomic E-state index is 15.8. The fraction of sp³-hybridized carbons (Fsp3) is 0.681. The molecule has 2 saturated carbocycles. The second-order valence-corrected chi connectivity index (χ2v) is 29.8. The number of halogens is 2. The van der Waals surface area contributed by atoms with Crippen molar-refractivity contribution in [2.75, 3.05) is 114 Å². The summed E-state index contributed by atoms with van der Waals surface area (Å²) in [6.45, 7) is 14.2. The average molecular weight is 1350 g/mol. The fourth-order valence-electron chi connectivity index (χ4n) is 16.3. The quantitative estimate of drug-likeness (QED) is 0.0454. The van der Waals surface area contributed by atoms with Crippen LogP contribution < -0.4 is 52.3 Å². The number of likely N-dealkylation sites (N-methyl/N-ethyl adjacent to an activating group) is 1. The van der Waals surface area contributed by atoms with Crippen molar-refractivity contribution in [3.63, 3.8) is 0 Å². The summed E-state index contributed by atoms with van der Waals surface area (Å²) in [5.74, 6) is -0.444. The molecule has 7 amide bonds. The second-order valence-electron chi connectivity index (χ2n) is 29.8. The van der Waals surface area contributed by atoms with Gasteiger partial charge in [0.2, 0.25) is 41.4 Å². The lowest BCUT2D eigenvalue weighted by atomic mass is 9.82. The number of carbonyl (C=O) groups is 7. The largest absolute Gasteiger partial charge is 0.370 e. The number of piperidine rings is 2. The number of nitrogens with zero attached hydrogens (tertiary/aromatic N) is 7. The Kier molecular flexibility index (Phi) is 24.0. The number of benzene rings is 2. The summed E-state index contributed by atoms with van der Waals surface area (Å²) in [5, 5.41) is 24.8. The SMILES string of the molecule is CN[C@@H](C)C(=O)N[C@H](C(=O)N1C[C@@H](NC(=O)CCC(=O)NCCCN2C[C@H]3C[C@@H](OCC(=O)NCCCNc4cc(N5CCC6(CC5)CN(c5cc(F)c(CN7CCC(C)(C)CC7)cc5F)CC(=O)N6)ncn4)C[C@H]3C2)C[C@H]1C(=O)N[C@H]1CCCc2ccccc21)C1CCCCC1. The van der Waals surface area contributed by atoms with Crippen molar-refractivity contribution in [1.82, 2.24) is 61.9 Å². The lowest BCUT2D eigenvalue weighted by Crippen LogP contribution is -2.66. The van der Waals surface area contributed by atoms with E-state index in [1.165, 1.54) is 24.0 Å².